The summed E-state index contributed by atoms with van der Waals surface area (Å²) in [5, 5.41) is 9.95. The van der Waals surface area contributed by atoms with Gasteiger partial charge in [0, 0.05) is 53.3 Å². The summed E-state index contributed by atoms with van der Waals surface area (Å²) in [5.74, 6) is 1.97. The lowest BCUT2D eigenvalue weighted by Gasteiger charge is -2.11. The lowest BCUT2D eigenvalue weighted by molar-refractivity contribution is 1.08. The molecular weight excluding hydrogens is 653 g/mol. The van der Waals surface area contributed by atoms with Crippen molar-refractivity contribution in [3.63, 3.8) is 0 Å². The quantitative estimate of drug-likeness (QED) is 0.186. The summed E-state index contributed by atoms with van der Waals surface area (Å²) >= 11 is 1.79. The first kappa shape index (κ1) is 29.1. The molecule has 3 heterocycles. The number of aromatic nitrogens is 4. The van der Waals surface area contributed by atoms with Crippen LogP contribution in [0.3, 0.4) is 0 Å². The second kappa shape index (κ2) is 11.4. The Kier molecular flexibility index (Phi) is 6.39. The lowest BCUT2D eigenvalue weighted by atomic mass is 10.0. The Bertz CT molecular complexity index is 3180. The zero-order valence-corrected chi connectivity index (χ0v) is 28.7. The topological polar surface area (TPSA) is 43.6 Å². The zero-order chi connectivity index (χ0) is 34.2. The van der Waals surface area contributed by atoms with Gasteiger partial charge in [-0.25, -0.2) is 15.0 Å². The smallest absolute Gasteiger partial charge is 0.165 e. The molecule has 5 heteroatoms. The van der Waals surface area contributed by atoms with E-state index < -0.39 is 0 Å². The van der Waals surface area contributed by atoms with Crippen LogP contribution in [-0.4, -0.2) is 19.5 Å². The Morgan fingerprint density at radius 1 is 0.404 bits per heavy atom. The predicted molar refractivity (Wildman–Crippen MR) is 218 cm³/mol. The third-order valence-corrected chi connectivity index (χ3v) is 11.4. The van der Waals surface area contributed by atoms with Crippen molar-refractivity contribution in [3.8, 4) is 39.9 Å². The third kappa shape index (κ3) is 4.50. The van der Waals surface area contributed by atoms with Crippen molar-refractivity contribution >= 4 is 74.9 Å². The van der Waals surface area contributed by atoms with Gasteiger partial charge >= 0.3 is 0 Å². The standard InChI is InChI=1S/C47H28N4S/c1-2-12-30(13-3-1)45-48-46(50-47(49-45)38-19-10-18-37-36-17-8-9-20-42(36)52-44(37)38)31-21-24-34(25-22-31)51-40-26-23-29-11-6-7-16-35(29)43(40)39-27-32-14-4-5-15-33(32)28-41(39)51/h1-28H. The lowest BCUT2D eigenvalue weighted by Crippen LogP contribution is -2.00. The van der Waals surface area contributed by atoms with E-state index in [1.165, 1.54) is 63.5 Å². The second-order valence-electron chi connectivity index (χ2n) is 13.2. The van der Waals surface area contributed by atoms with Gasteiger partial charge in [-0.1, -0.05) is 115 Å². The number of hydrogen-bond acceptors (Lipinski definition) is 4. The summed E-state index contributed by atoms with van der Waals surface area (Å²) in [6.45, 7) is 0. The highest BCUT2D eigenvalue weighted by molar-refractivity contribution is 7.26. The van der Waals surface area contributed by atoms with Gasteiger partial charge < -0.3 is 4.57 Å². The van der Waals surface area contributed by atoms with Crippen molar-refractivity contribution in [2.45, 2.75) is 0 Å². The number of fused-ring (bicyclic) bond motifs is 9. The Hall–Kier alpha value is -6.69. The summed E-state index contributed by atoms with van der Waals surface area (Å²) in [6.07, 6.45) is 0. The molecule has 0 aliphatic rings. The first-order chi connectivity index (χ1) is 25.8. The maximum absolute atomic E-state index is 5.16. The van der Waals surface area contributed by atoms with Crippen LogP contribution in [0.25, 0.3) is 103 Å². The molecule has 0 fully saturated rings. The van der Waals surface area contributed by atoms with Gasteiger partial charge in [-0.3, -0.25) is 0 Å². The minimum Gasteiger partial charge on any atom is -0.309 e. The van der Waals surface area contributed by atoms with Crippen LogP contribution in [0, 0.1) is 0 Å². The zero-order valence-electron chi connectivity index (χ0n) is 27.9. The van der Waals surface area contributed by atoms with E-state index in [0.717, 1.165) is 22.4 Å². The summed E-state index contributed by atoms with van der Waals surface area (Å²) in [4.78, 5) is 15.3. The molecule has 0 amide bonds. The van der Waals surface area contributed by atoms with Gasteiger partial charge in [-0.05, 0) is 76.1 Å². The fraction of sp³-hybridized carbons (Fsp3) is 0. The van der Waals surface area contributed by atoms with Crippen molar-refractivity contribution in [1.29, 1.82) is 0 Å². The minimum absolute atomic E-state index is 0.646. The van der Waals surface area contributed by atoms with Crippen LogP contribution < -0.4 is 0 Å². The molecule has 0 spiro atoms. The molecule has 0 N–H and O–H groups in total. The summed E-state index contributed by atoms with van der Waals surface area (Å²) < 4.78 is 4.83. The molecule has 0 bridgehead atoms. The van der Waals surface area contributed by atoms with Crippen LogP contribution in [0.1, 0.15) is 0 Å². The van der Waals surface area contributed by atoms with E-state index >= 15 is 0 Å². The monoisotopic (exact) mass is 680 g/mol. The first-order valence-corrected chi connectivity index (χ1v) is 18.3. The Morgan fingerprint density at radius 3 is 1.85 bits per heavy atom. The third-order valence-electron chi connectivity index (χ3n) is 10.2. The van der Waals surface area contributed by atoms with E-state index in [9.17, 15) is 0 Å². The van der Waals surface area contributed by atoms with Crippen molar-refractivity contribution in [1.82, 2.24) is 19.5 Å². The Labute approximate surface area is 302 Å². The van der Waals surface area contributed by atoms with Gasteiger partial charge in [0.2, 0.25) is 0 Å². The molecule has 8 aromatic carbocycles. The summed E-state index contributed by atoms with van der Waals surface area (Å²) in [5.41, 5.74) is 6.36. The average Bonchev–Trinajstić information content (AvgIpc) is 3.76. The molecule has 11 aromatic rings. The highest BCUT2D eigenvalue weighted by atomic mass is 32.1. The maximum atomic E-state index is 5.16. The normalized spacial score (nSPS) is 11.8. The Balaban J connectivity index is 1.10. The number of benzene rings is 8. The molecule has 0 aliphatic heterocycles. The molecule has 0 saturated heterocycles. The van der Waals surface area contributed by atoms with Crippen LogP contribution in [0.2, 0.25) is 0 Å². The molecule has 11 rings (SSSR count). The average molecular weight is 681 g/mol. The van der Waals surface area contributed by atoms with Crippen molar-refractivity contribution in [2.24, 2.45) is 0 Å². The Morgan fingerprint density at radius 2 is 1.04 bits per heavy atom. The van der Waals surface area contributed by atoms with Crippen molar-refractivity contribution in [3.05, 3.63) is 170 Å². The number of thiophene rings is 1. The largest absolute Gasteiger partial charge is 0.309 e. The molecule has 3 aromatic heterocycles. The number of rotatable bonds is 4. The van der Waals surface area contributed by atoms with Gasteiger partial charge in [0.15, 0.2) is 17.5 Å². The van der Waals surface area contributed by atoms with E-state index in [0.29, 0.717) is 17.5 Å². The van der Waals surface area contributed by atoms with Gasteiger partial charge in [0.1, 0.15) is 0 Å². The van der Waals surface area contributed by atoms with Gasteiger partial charge in [0.25, 0.3) is 0 Å². The van der Waals surface area contributed by atoms with E-state index in [1.54, 1.807) is 11.3 Å². The number of nitrogens with zero attached hydrogens (tertiary/aromatic N) is 4. The first-order valence-electron chi connectivity index (χ1n) is 17.4. The predicted octanol–water partition coefficient (Wildman–Crippen LogP) is 12.6. The highest BCUT2D eigenvalue weighted by Crippen LogP contribution is 2.41. The van der Waals surface area contributed by atoms with Crippen LogP contribution >= 0.6 is 11.3 Å². The fourth-order valence-electron chi connectivity index (χ4n) is 7.78. The molecule has 0 radical (unpaired) electrons. The minimum atomic E-state index is 0.646. The van der Waals surface area contributed by atoms with E-state index in [2.05, 4.69) is 156 Å². The summed E-state index contributed by atoms with van der Waals surface area (Å²) in [7, 11) is 0. The van der Waals surface area contributed by atoms with Crippen molar-refractivity contribution in [2.75, 3.05) is 0 Å². The van der Waals surface area contributed by atoms with E-state index in [-0.39, 0.29) is 0 Å². The molecule has 0 atom stereocenters. The van der Waals surface area contributed by atoms with Gasteiger partial charge in [0.05, 0.1) is 11.0 Å². The van der Waals surface area contributed by atoms with Gasteiger partial charge in [-0.15, -0.1) is 11.3 Å². The molecule has 0 saturated carbocycles. The van der Waals surface area contributed by atoms with Crippen molar-refractivity contribution < 1.29 is 0 Å². The van der Waals surface area contributed by atoms with Crippen LogP contribution in [-0.2, 0) is 0 Å². The maximum Gasteiger partial charge on any atom is 0.165 e. The molecule has 0 unspecified atom stereocenters. The summed E-state index contributed by atoms with van der Waals surface area (Å²) in [6, 6.07) is 60.3. The van der Waals surface area contributed by atoms with E-state index in [1.807, 2.05) is 18.2 Å². The molecule has 0 aliphatic carbocycles. The molecule has 242 valence electrons. The fourth-order valence-corrected chi connectivity index (χ4v) is 8.99. The van der Waals surface area contributed by atoms with Crippen LogP contribution in [0.4, 0.5) is 0 Å². The highest BCUT2D eigenvalue weighted by Gasteiger charge is 2.19. The molecule has 52 heavy (non-hydrogen) atoms. The molecule has 4 nitrogen and oxygen atoms in total. The SMILES string of the molecule is c1ccc(-c2nc(-c3ccc(-n4c5cc6ccccc6cc5c5c6ccccc6ccc54)cc3)nc(-c3cccc4c3sc3ccccc34)n2)cc1. The van der Waals surface area contributed by atoms with E-state index in [4.69, 9.17) is 15.0 Å². The second-order valence-corrected chi connectivity index (χ2v) is 14.3. The van der Waals surface area contributed by atoms with Crippen LogP contribution in [0.15, 0.2) is 170 Å². The number of hydrogen-bond donors (Lipinski definition) is 0. The molecular formula is C47H28N4S. The van der Waals surface area contributed by atoms with Crippen LogP contribution in [0.5, 0.6) is 0 Å². The van der Waals surface area contributed by atoms with Gasteiger partial charge in [-0.2, -0.15) is 0 Å².